The quantitative estimate of drug-likeness (QED) is 0.104. The number of non-ortho nitro benzene ring substituents is 1. The summed E-state index contributed by atoms with van der Waals surface area (Å²) in [5.41, 5.74) is 3.46. The SMILES string of the molecule is CC(C)(C)[Si](C)(C)O[C@@H]1[C@@H]2O[Si](C(C)(C)C)(C(C)(C)C)OC[C@H]2O[C@H]1n1c(-c2ccc([N+](=O)[O-])cc2)nc2c(C=Cc3ccccc3)ncnc21. The third-order valence-electron chi connectivity index (χ3n) is 10.6. The molecule has 2 aromatic heterocycles. The zero-order valence-corrected chi connectivity index (χ0v) is 33.6. The fraction of sp³-hybridized carbons (Fsp3) is 0.500. The lowest BCUT2D eigenvalue weighted by Gasteiger charge is -2.54. The molecular formula is C38H51N5O6Si2. The van der Waals surface area contributed by atoms with Crippen LogP contribution in [0.3, 0.4) is 0 Å². The minimum Gasteiger partial charge on any atom is -0.407 e. The molecule has 0 aliphatic carbocycles. The number of nitrogens with zero attached hydrogens (tertiary/aromatic N) is 5. The summed E-state index contributed by atoms with van der Waals surface area (Å²) in [4.78, 5) is 25.8. The maximum Gasteiger partial charge on any atom is 0.349 e. The van der Waals surface area contributed by atoms with Crippen LogP contribution in [0.4, 0.5) is 5.69 Å². The predicted molar refractivity (Wildman–Crippen MR) is 205 cm³/mol. The first kappa shape index (κ1) is 37.2. The van der Waals surface area contributed by atoms with Crippen molar-refractivity contribution in [2.75, 3.05) is 6.61 Å². The van der Waals surface area contributed by atoms with E-state index >= 15 is 0 Å². The molecule has 0 N–H and O–H groups in total. The zero-order chi connectivity index (χ0) is 37.1. The molecule has 2 aliphatic heterocycles. The Balaban J connectivity index is 1.56. The molecule has 2 aliphatic rings. The van der Waals surface area contributed by atoms with Gasteiger partial charge in [0.2, 0.25) is 0 Å². The first-order valence-corrected chi connectivity index (χ1v) is 22.3. The summed E-state index contributed by atoms with van der Waals surface area (Å²) < 4.78 is 30.6. The fourth-order valence-electron chi connectivity index (χ4n) is 7.14. The number of ether oxygens (including phenoxy) is 1. The second-order valence-electron chi connectivity index (χ2n) is 17.2. The van der Waals surface area contributed by atoms with E-state index in [4.69, 9.17) is 28.0 Å². The van der Waals surface area contributed by atoms with Gasteiger partial charge >= 0.3 is 8.56 Å². The molecule has 2 aromatic carbocycles. The van der Waals surface area contributed by atoms with E-state index in [1.807, 2.05) is 47.1 Å². The van der Waals surface area contributed by atoms with E-state index < -0.39 is 46.3 Å². The first-order valence-electron chi connectivity index (χ1n) is 17.6. The molecule has 2 fully saturated rings. The Bertz CT molecular complexity index is 1910. The lowest BCUT2D eigenvalue weighted by Crippen LogP contribution is -2.66. The Hall–Kier alpha value is -3.60. The van der Waals surface area contributed by atoms with Crippen LogP contribution in [0.2, 0.25) is 28.2 Å². The summed E-state index contributed by atoms with van der Waals surface area (Å²) in [6, 6.07) is 16.4. The summed E-state index contributed by atoms with van der Waals surface area (Å²) in [5, 5.41) is 11.0. The summed E-state index contributed by atoms with van der Waals surface area (Å²) >= 11 is 0. The van der Waals surface area contributed by atoms with Gasteiger partial charge in [0.05, 0.1) is 17.2 Å². The topological polar surface area (TPSA) is 124 Å². The maximum absolute atomic E-state index is 11.6. The summed E-state index contributed by atoms with van der Waals surface area (Å²) in [5.74, 6) is 0.540. The van der Waals surface area contributed by atoms with E-state index in [1.165, 1.54) is 18.5 Å². The van der Waals surface area contributed by atoms with E-state index in [0.717, 1.165) is 5.56 Å². The van der Waals surface area contributed by atoms with Gasteiger partial charge in [0.15, 0.2) is 20.2 Å². The molecule has 0 amide bonds. The van der Waals surface area contributed by atoms with E-state index in [2.05, 4.69) is 80.4 Å². The highest BCUT2D eigenvalue weighted by molar-refractivity contribution is 6.74. The molecule has 13 heteroatoms. The van der Waals surface area contributed by atoms with Crippen LogP contribution in [0.25, 0.3) is 34.7 Å². The van der Waals surface area contributed by atoms with E-state index in [-0.39, 0.29) is 20.8 Å². The van der Waals surface area contributed by atoms with Gasteiger partial charge in [0, 0.05) is 27.8 Å². The van der Waals surface area contributed by atoms with Crippen molar-refractivity contribution < 1.29 is 22.9 Å². The van der Waals surface area contributed by atoms with Crippen molar-refractivity contribution in [1.82, 2.24) is 19.5 Å². The number of nitro groups is 1. The van der Waals surface area contributed by atoms with Crippen molar-refractivity contribution in [1.29, 1.82) is 0 Å². The average molecular weight is 730 g/mol. The highest BCUT2D eigenvalue weighted by atomic mass is 28.4. The molecule has 0 radical (unpaired) electrons. The highest BCUT2D eigenvalue weighted by Crippen LogP contribution is 2.57. The van der Waals surface area contributed by atoms with Crippen LogP contribution in [-0.2, 0) is 18.0 Å². The number of hydrogen-bond acceptors (Lipinski definition) is 9. The Morgan fingerprint density at radius 3 is 2.18 bits per heavy atom. The molecular weight excluding hydrogens is 679 g/mol. The minimum atomic E-state index is -2.92. The molecule has 51 heavy (non-hydrogen) atoms. The second kappa shape index (κ2) is 13.1. The van der Waals surface area contributed by atoms with Gasteiger partial charge in [-0.2, -0.15) is 0 Å². The molecule has 11 nitrogen and oxygen atoms in total. The van der Waals surface area contributed by atoms with Gasteiger partial charge in [0.25, 0.3) is 5.69 Å². The molecule has 4 atom stereocenters. The van der Waals surface area contributed by atoms with Crippen molar-refractivity contribution in [2.24, 2.45) is 0 Å². The number of fused-ring (bicyclic) bond motifs is 2. The predicted octanol–water partition coefficient (Wildman–Crippen LogP) is 9.32. The zero-order valence-electron chi connectivity index (χ0n) is 31.6. The number of benzene rings is 2. The second-order valence-corrected chi connectivity index (χ2v) is 26.7. The monoisotopic (exact) mass is 729 g/mol. The molecule has 0 bridgehead atoms. The number of nitro benzene ring substituents is 1. The molecule has 4 heterocycles. The Kier molecular flexibility index (Phi) is 9.56. The smallest absolute Gasteiger partial charge is 0.349 e. The Morgan fingerprint density at radius 2 is 1.59 bits per heavy atom. The number of hydrogen-bond donors (Lipinski definition) is 0. The third kappa shape index (κ3) is 6.75. The van der Waals surface area contributed by atoms with E-state index in [9.17, 15) is 10.1 Å². The summed E-state index contributed by atoms with van der Waals surface area (Å²) in [7, 11) is -5.34. The molecule has 0 unspecified atom stereocenters. The van der Waals surface area contributed by atoms with Gasteiger partial charge in [-0.15, -0.1) is 0 Å². The first-order chi connectivity index (χ1) is 23.7. The molecule has 4 aromatic rings. The van der Waals surface area contributed by atoms with Crippen LogP contribution in [0.15, 0.2) is 60.9 Å². The van der Waals surface area contributed by atoms with Crippen LogP contribution in [0.5, 0.6) is 0 Å². The minimum absolute atomic E-state index is 0.00818. The van der Waals surface area contributed by atoms with E-state index in [1.54, 1.807) is 12.1 Å². The highest BCUT2D eigenvalue weighted by Gasteiger charge is 2.66. The fourth-order valence-corrected chi connectivity index (χ4v) is 13.4. The van der Waals surface area contributed by atoms with Crippen molar-refractivity contribution in [2.45, 2.75) is 115 Å². The Morgan fingerprint density at radius 1 is 0.941 bits per heavy atom. The van der Waals surface area contributed by atoms with Crippen LogP contribution in [0, 0.1) is 10.1 Å². The lowest BCUT2D eigenvalue weighted by molar-refractivity contribution is -0.384. The molecule has 6 rings (SSSR count). The van der Waals surface area contributed by atoms with Crippen molar-refractivity contribution in [3.63, 3.8) is 0 Å². The van der Waals surface area contributed by atoms with Gasteiger partial charge < -0.3 is 18.0 Å². The van der Waals surface area contributed by atoms with Gasteiger partial charge in [-0.1, -0.05) is 98.7 Å². The van der Waals surface area contributed by atoms with Crippen molar-refractivity contribution >= 4 is 45.9 Å². The van der Waals surface area contributed by atoms with Gasteiger partial charge in [-0.05, 0) is 41.9 Å². The van der Waals surface area contributed by atoms with Crippen molar-refractivity contribution in [3.05, 3.63) is 82.3 Å². The largest absolute Gasteiger partial charge is 0.407 e. The molecule has 272 valence electrons. The molecule has 2 saturated heterocycles. The lowest BCUT2D eigenvalue weighted by atomic mass is 10.1. The summed E-state index contributed by atoms with van der Waals surface area (Å²) in [6.07, 6.45) is 3.42. The van der Waals surface area contributed by atoms with Gasteiger partial charge in [-0.25, -0.2) is 15.0 Å². The average Bonchev–Trinajstić information content (AvgIpc) is 3.60. The maximum atomic E-state index is 11.6. The third-order valence-corrected chi connectivity index (χ3v) is 20.2. The van der Waals surface area contributed by atoms with Crippen molar-refractivity contribution in [3.8, 4) is 11.4 Å². The normalized spacial score (nSPS) is 22.8. The van der Waals surface area contributed by atoms with E-state index in [0.29, 0.717) is 34.9 Å². The van der Waals surface area contributed by atoms with Crippen LogP contribution in [-0.4, -0.2) is 66.2 Å². The van der Waals surface area contributed by atoms with Crippen LogP contribution < -0.4 is 0 Å². The molecule has 0 saturated carbocycles. The number of imidazole rings is 1. The van der Waals surface area contributed by atoms with Gasteiger partial charge in [0.1, 0.15) is 36.0 Å². The standard InChI is InChI=1S/C38H51N5O6Si2/c1-36(2,3)50(10,11)48-32-31-29(23-46-51(49-31,37(4,5)6)38(7,8)9)47-35(32)42-33(26-18-20-27(21-19-26)43(44)45)41-30-28(39-24-40-34(30)42)22-17-25-15-13-12-14-16-25/h12-22,24,29,31-32,35H,23H2,1-11H3/t29-,31-,32-,35-/m1/s1. The summed E-state index contributed by atoms with van der Waals surface area (Å²) in [6.45, 7) is 24.8. The number of rotatable bonds is 7. The number of aromatic nitrogens is 4. The molecule has 0 spiro atoms. The Labute approximate surface area is 303 Å². The van der Waals surface area contributed by atoms with Crippen LogP contribution >= 0.6 is 0 Å². The van der Waals surface area contributed by atoms with Crippen LogP contribution in [0.1, 0.15) is 79.8 Å². The van der Waals surface area contributed by atoms with Gasteiger partial charge in [-0.3, -0.25) is 14.7 Å².